The van der Waals surface area contributed by atoms with Crippen molar-refractivity contribution in [2.24, 2.45) is 0 Å². The van der Waals surface area contributed by atoms with Crippen molar-refractivity contribution in [3.8, 4) is 11.3 Å². The van der Waals surface area contributed by atoms with E-state index in [1.807, 2.05) is 0 Å². The van der Waals surface area contributed by atoms with Crippen LogP contribution in [-0.4, -0.2) is 44.3 Å². The molecule has 0 unspecified atom stereocenters. The van der Waals surface area contributed by atoms with E-state index >= 15 is 0 Å². The number of halogens is 3. The van der Waals surface area contributed by atoms with Crippen LogP contribution >= 0.6 is 0 Å². The van der Waals surface area contributed by atoms with Gasteiger partial charge in [-0.15, -0.1) is 0 Å². The highest BCUT2D eigenvalue weighted by Gasteiger charge is 2.35. The van der Waals surface area contributed by atoms with Crippen molar-refractivity contribution in [1.29, 1.82) is 0 Å². The van der Waals surface area contributed by atoms with Crippen LogP contribution in [0.2, 0.25) is 0 Å². The van der Waals surface area contributed by atoms with Crippen LogP contribution in [0.1, 0.15) is 41.1 Å². The zero-order chi connectivity index (χ0) is 23.7. The van der Waals surface area contributed by atoms with Crippen LogP contribution < -0.4 is 0 Å². The number of Topliss-reactive ketones (excluding diaryl/α,β-unsaturated/α-hetero) is 1. The van der Waals surface area contributed by atoms with Gasteiger partial charge in [-0.2, -0.15) is 0 Å². The van der Waals surface area contributed by atoms with E-state index < -0.39 is 58.9 Å². The number of aromatic nitrogens is 2. The second-order valence-corrected chi connectivity index (χ2v) is 7.92. The van der Waals surface area contributed by atoms with Crippen LogP contribution in [-0.2, 0) is 11.2 Å². The summed E-state index contributed by atoms with van der Waals surface area (Å²) in [5, 5.41) is 20.0. The SMILES string of the molecule is C[C@@H]1O[C@H](c2ccncc2CC(=O)c2ccc(F)c(-c3c(F)cccc3F)n2)C[C@H](O)[C@H]1O. The number of hydrogen-bond acceptors (Lipinski definition) is 6. The summed E-state index contributed by atoms with van der Waals surface area (Å²) in [6.45, 7) is 1.64. The predicted molar refractivity (Wildman–Crippen MR) is 112 cm³/mol. The molecule has 1 aliphatic heterocycles. The minimum absolute atomic E-state index is 0.127. The van der Waals surface area contributed by atoms with E-state index in [0.29, 0.717) is 11.1 Å². The molecule has 0 radical (unpaired) electrons. The summed E-state index contributed by atoms with van der Waals surface area (Å²) in [5.74, 6) is -3.48. The molecule has 0 spiro atoms. The zero-order valence-electron chi connectivity index (χ0n) is 17.6. The Balaban J connectivity index is 1.63. The Bertz CT molecular complexity index is 1160. The van der Waals surface area contributed by atoms with Crippen molar-refractivity contribution >= 4 is 5.78 Å². The molecule has 33 heavy (non-hydrogen) atoms. The van der Waals surface area contributed by atoms with E-state index in [-0.39, 0.29) is 18.5 Å². The van der Waals surface area contributed by atoms with Crippen LogP contribution in [0, 0.1) is 17.5 Å². The number of benzene rings is 1. The molecule has 0 saturated carbocycles. The first-order chi connectivity index (χ1) is 15.8. The minimum Gasteiger partial charge on any atom is -0.390 e. The molecule has 1 fully saturated rings. The third-order valence-electron chi connectivity index (χ3n) is 5.68. The van der Waals surface area contributed by atoms with Gasteiger partial charge in [-0.3, -0.25) is 9.78 Å². The summed E-state index contributed by atoms with van der Waals surface area (Å²) >= 11 is 0. The van der Waals surface area contributed by atoms with Gasteiger partial charge in [-0.25, -0.2) is 18.2 Å². The Morgan fingerprint density at radius 3 is 2.52 bits per heavy atom. The summed E-state index contributed by atoms with van der Waals surface area (Å²) in [5.41, 5.74) is -0.308. The molecule has 0 aliphatic carbocycles. The Labute approximate surface area is 187 Å². The van der Waals surface area contributed by atoms with Gasteiger partial charge in [0.1, 0.15) is 34.9 Å². The summed E-state index contributed by atoms with van der Waals surface area (Å²) in [7, 11) is 0. The molecule has 2 aromatic heterocycles. The topological polar surface area (TPSA) is 92.5 Å². The lowest BCUT2D eigenvalue weighted by molar-refractivity contribution is -0.163. The molecule has 6 nitrogen and oxygen atoms in total. The number of carbonyl (C=O) groups excluding carboxylic acids is 1. The van der Waals surface area contributed by atoms with Gasteiger partial charge in [-0.05, 0) is 48.4 Å². The van der Waals surface area contributed by atoms with Crippen molar-refractivity contribution < 1.29 is 32.9 Å². The number of aliphatic hydroxyl groups excluding tert-OH is 2. The normalized spacial score (nSPS) is 22.8. The number of pyridine rings is 2. The molecule has 2 N–H and O–H groups in total. The number of nitrogens with zero attached hydrogens (tertiary/aromatic N) is 2. The van der Waals surface area contributed by atoms with Crippen molar-refractivity contribution in [3.63, 3.8) is 0 Å². The minimum atomic E-state index is -1.02. The molecular weight excluding hydrogens is 437 g/mol. The lowest BCUT2D eigenvalue weighted by Crippen LogP contribution is -2.44. The number of aliphatic hydroxyl groups is 2. The van der Waals surface area contributed by atoms with Crippen LogP contribution in [0.25, 0.3) is 11.3 Å². The Morgan fingerprint density at radius 1 is 1.09 bits per heavy atom. The van der Waals surface area contributed by atoms with Gasteiger partial charge in [0.05, 0.1) is 23.9 Å². The molecule has 3 heterocycles. The summed E-state index contributed by atoms with van der Waals surface area (Å²) in [4.78, 5) is 20.9. The third kappa shape index (κ3) is 4.66. The van der Waals surface area contributed by atoms with Crippen molar-refractivity contribution in [2.75, 3.05) is 0 Å². The quantitative estimate of drug-likeness (QED) is 0.568. The number of ketones is 1. The van der Waals surface area contributed by atoms with Crippen molar-refractivity contribution in [1.82, 2.24) is 9.97 Å². The molecule has 3 aromatic rings. The lowest BCUT2D eigenvalue weighted by Gasteiger charge is -2.36. The average Bonchev–Trinajstić information content (AvgIpc) is 2.78. The molecule has 9 heteroatoms. The standard InChI is InChI=1S/C24H21F3N2O4/c1-12-24(32)20(31)10-21(33-12)14-7-8-28-11-13(14)9-19(30)18-6-5-17(27)23(29-18)22-15(25)3-2-4-16(22)26/h2-8,11-12,20-21,24,31-32H,9-10H2,1H3/t12-,20-,21-,24-/m0/s1. The van der Waals surface area contributed by atoms with Crippen LogP contribution in [0.5, 0.6) is 0 Å². The molecule has 1 saturated heterocycles. The fourth-order valence-corrected chi connectivity index (χ4v) is 3.93. The second kappa shape index (κ2) is 9.38. The highest BCUT2D eigenvalue weighted by Crippen LogP contribution is 2.34. The van der Waals surface area contributed by atoms with E-state index in [0.717, 1.165) is 30.3 Å². The first-order valence-corrected chi connectivity index (χ1v) is 10.3. The first-order valence-electron chi connectivity index (χ1n) is 10.3. The van der Waals surface area contributed by atoms with Crippen molar-refractivity contribution in [2.45, 2.75) is 44.2 Å². The van der Waals surface area contributed by atoms with Crippen LogP contribution in [0.3, 0.4) is 0 Å². The van der Waals surface area contributed by atoms with E-state index in [2.05, 4.69) is 9.97 Å². The monoisotopic (exact) mass is 458 g/mol. The smallest absolute Gasteiger partial charge is 0.185 e. The largest absolute Gasteiger partial charge is 0.390 e. The van der Waals surface area contributed by atoms with Crippen molar-refractivity contribution in [3.05, 3.63) is 83.1 Å². The van der Waals surface area contributed by atoms with E-state index in [4.69, 9.17) is 4.74 Å². The number of ether oxygens (including phenoxy) is 1. The highest BCUT2D eigenvalue weighted by atomic mass is 19.1. The maximum absolute atomic E-state index is 14.3. The molecule has 1 aromatic carbocycles. The Hall–Kier alpha value is -3.14. The molecule has 1 aliphatic rings. The van der Waals surface area contributed by atoms with Gasteiger partial charge in [0.15, 0.2) is 5.78 Å². The Morgan fingerprint density at radius 2 is 1.82 bits per heavy atom. The summed E-state index contributed by atoms with van der Waals surface area (Å²) < 4.78 is 48.5. The zero-order valence-corrected chi connectivity index (χ0v) is 17.6. The lowest BCUT2D eigenvalue weighted by atomic mass is 9.91. The number of rotatable bonds is 5. The van der Waals surface area contributed by atoms with Gasteiger partial charge in [0, 0.05) is 25.2 Å². The summed E-state index contributed by atoms with van der Waals surface area (Å²) in [6, 6.07) is 6.85. The van der Waals surface area contributed by atoms with E-state index in [1.165, 1.54) is 12.4 Å². The molecule has 0 bridgehead atoms. The maximum Gasteiger partial charge on any atom is 0.185 e. The molecule has 172 valence electrons. The third-order valence-corrected chi connectivity index (χ3v) is 5.68. The predicted octanol–water partition coefficient (Wildman–Crippen LogP) is 3.56. The Kier molecular flexibility index (Phi) is 6.55. The average molecular weight is 458 g/mol. The fourth-order valence-electron chi connectivity index (χ4n) is 3.93. The van der Waals surface area contributed by atoms with Crippen LogP contribution in [0.4, 0.5) is 13.2 Å². The number of carbonyl (C=O) groups is 1. The van der Waals surface area contributed by atoms with E-state index in [9.17, 15) is 28.2 Å². The molecule has 0 amide bonds. The first kappa shape index (κ1) is 23.0. The van der Waals surface area contributed by atoms with Crippen LogP contribution in [0.15, 0.2) is 48.8 Å². The fraction of sp³-hybridized carbons (Fsp3) is 0.292. The van der Waals surface area contributed by atoms with E-state index in [1.54, 1.807) is 13.0 Å². The molecular formula is C24H21F3N2O4. The molecule has 4 atom stereocenters. The number of hydrogen-bond donors (Lipinski definition) is 2. The van der Waals surface area contributed by atoms with Gasteiger partial charge in [0.25, 0.3) is 0 Å². The summed E-state index contributed by atoms with van der Waals surface area (Å²) in [6.07, 6.45) is -0.276. The van der Waals surface area contributed by atoms with Gasteiger partial charge in [-0.1, -0.05) is 6.07 Å². The molecule has 4 rings (SSSR count). The van der Waals surface area contributed by atoms with Gasteiger partial charge >= 0.3 is 0 Å². The van der Waals surface area contributed by atoms with Gasteiger partial charge in [0.2, 0.25) is 0 Å². The maximum atomic E-state index is 14.3. The highest BCUT2D eigenvalue weighted by molar-refractivity contribution is 5.96. The second-order valence-electron chi connectivity index (χ2n) is 7.92. The van der Waals surface area contributed by atoms with Gasteiger partial charge < -0.3 is 14.9 Å².